The van der Waals surface area contributed by atoms with Crippen molar-refractivity contribution in [3.63, 3.8) is 0 Å². The molecule has 7 atom stereocenters. The Bertz CT molecular complexity index is 1840. The summed E-state index contributed by atoms with van der Waals surface area (Å²) in [6, 6.07) is 0. The van der Waals surface area contributed by atoms with E-state index in [2.05, 4.69) is 55.4 Å². The average Bonchev–Trinajstić information content (AvgIpc) is 1.48. The lowest BCUT2D eigenvalue weighted by molar-refractivity contribution is -0.161. The van der Waals surface area contributed by atoms with Crippen LogP contribution < -0.4 is 0 Å². The van der Waals surface area contributed by atoms with Gasteiger partial charge in [0.1, 0.15) is 19.3 Å². The monoisotopic (exact) mass is 1370 g/mol. The first-order chi connectivity index (χ1) is 44.7. The minimum atomic E-state index is -4.96. The summed E-state index contributed by atoms with van der Waals surface area (Å²) in [6.07, 6.45) is 47.4. The van der Waals surface area contributed by atoms with Crippen molar-refractivity contribution in [2.45, 2.75) is 388 Å². The number of phosphoric ester groups is 2. The van der Waals surface area contributed by atoms with E-state index in [4.69, 9.17) is 37.0 Å². The Morgan fingerprint density at radius 2 is 0.516 bits per heavy atom. The van der Waals surface area contributed by atoms with Gasteiger partial charge in [-0.25, -0.2) is 9.13 Å². The van der Waals surface area contributed by atoms with E-state index < -0.39 is 97.5 Å². The number of rotatable bonds is 71. The van der Waals surface area contributed by atoms with Gasteiger partial charge in [-0.05, 0) is 49.4 Å². The summed E-state index contributed by atoms with van der Waals surface area (Å²) in [5, 5.41) is 10.6. The molecule has 0 aliphatic heterocycles. The normalized spacial score (nSPS) is 14.8. The lowest BCUT2D eigenvalue weighted by Crippen LogP contribution is -2.30. The van der Waals surface area contributed by atoms with E-state index in [0.29, 0.717) is 31.6 Å². The standard InChI is InChI=1S/C74H144O17P2/c1-9-66(7)52-44-36-28-23-24-30-41-49-57-74(79)91-69(60-84-71(76)54-46-38-31-25-27-35-43-51-65(5)6)62-88-92(80,81)86-58-68(75)59-87-93(82,83)89-63-70(61-85-72(77)55-47-39-33-32-37-45-53-67(8)10-2)90-73(78)56-48-40-29-22-20-18-16-14-12-11-13-15-17-19-21-26-34-42-50-64(3)4/h64-70,75H,9-63H2,1-8H3,(H,80,81)(H,82,83)/t66?,67?,68?,69-,70-/m1/s1. The third-order valence-corrected chi connectivity index (χ3v) is 19.7. The molecule has 0 rings (SSSR count). The molecule has 0 amide bonds. The number of unbranched alkanes of at least 4 members (excludes halogenated alkanes) is 35. The van der Waals surface area contributed by atoms with E-state index in [0.717, 1.165) is 120 Å². The second-order valence-corrected chi connectivity index (χ2v) is 31.0. The van der Waals surface area contributed by atoms with Crippen LogP contribution in [-0.4, -0.2) is 96.7 Å². The van der Waals surface area contributed by atoms with Crippen LogP contribution in [0, 0.1) is 23.7 Å². The molecule has 0 fully saturated rings. The molecule has 0 aliphatic carbocycles. The summed E-state index contributed by atoms with van der Waals surface area (Å²) in [5.41, 5.74) is 0. The Balaban J connectivity index is 5.18. The van der Waals surface area contributed by atoms with E-state index >= 15 is 0 Å². The van der Waals surface area contributed by atoms with Crippen LogP contribution in [0.2, 0.25) is 0 Å². The van der Waals surface area contributed by atoms with Gasteiger partial charge >= 0.3 is 39.5 Å². The molecule has 5 unspecified atom stereocenters. The molecule has 0 aliphatic rings. The quantitative estimate of drug-likeness (QED) is 0.0222. The van der Waals surface area contributed by atoms with Gasteiger partial charge in [0.25, 0.3) is 0 Å². The summed E-state index contributed by atoms with van der Waals surface area (Å²) in [6.45, 7) is 14.1. The van der Waals surface area contributed by atoms with Crippen LogP contribution >= 0.6 is 15.6 Å². The second-order valence-electron chi connectivity index (χ2n) is 28.1. The lowest BCUT2D eigenvalue weighted by atomic mass is 9.99. The molecule has 93 heavy (non-hydrogen) atoms. The van der Waals surface area contributed by atoms with Gasteiger partial charge in [0.15, 0.2) is 12.2 Å². The number of hydrogen-bond donors (Lipinski definition) is 3. The van der Waals surface area contributed by atoms with Crippen LogP contribution in [0.5, 0.6) is 0 Å². The molecule has 0 spiro atoms. The van der Waals surface area contributed by atoms with Crippen LogP contribution in [0.1, 0.15) is 370 Å². The van der Waals surface area contributed by atoms with Crippen molar-refractivity contribution in [1.82, 2.24) is 0 Å². The Kier molecular flexibility index (Phi) is 62.2. The maximum absolute atomic E-state index is 13.0. The van der Waals surface area contributed by atoms with Crippen molar-refractivity contribution in [2.75, 3.05) is 39.6 Å². The summed E-state index contributed by atoms with van der Waals surface area (Å²) in [7, 11) is -9.91. The smallest absolute Gasteiger partial charge is 0.462 e. The summed E-state index contributed by atoms with van der Waals surface area (Å²) >= 11 is 0. The highest BCUT2D eigenvalue weighted by Gasteiger charge is 2.30. The fourth-order valence-corrected chi connectivity index (χ4v) is 12.7. The minimum absolute atomic E-state index is 0.104. The molecule has 0 aromatic rings. The van der Waals surface area contributed by atoms with E-state index in [1.807, 2.05) is 0 Å². The van der Waals surface area contributed by atoms with Gasteiger partial charge in [0, 0.05) is 25.7 Å². The highest BCUT2D eigenvalue weighted by atomic mass is 31.2. The summed E-state index contributed by atoms with van der Waals surface area (Å²) in [5.74, 6) is 0.897. The second kappa shape index (κ2) is 63.5. The first-order valence-electron chi connectivity index (χ1n) is 38.3. The first kappa shape index (κ1) is 91.1. The zero-order valence-corrected chi connectivity index (χ0v) is 62.7. The highest BCUT2D eigenvalue weighted by Crippen LogP contribution is 2.45. The molecule has 17 nitrogen and oxygen atoms in total. The summed E-state index contributed by atoms with van der Waals surface area (Å²) < 4.78 is 68.4. The molecule has 0 radical (unpaired) electrons. The SMILES string of the molecule is CCC(C)CCCCCCCCCCC(=O)O[C@H](COC(=O)CCCCCCCCCC(C)C)COP(=O)(O)OCC(O)COP(=O)(O)OC[C@@H](COC(=O)CCCCCCCCC(C)CC)OC(=O)CCCCCCCCCCCCCCCCCCCCC(C)C. The maximum atomic E-state index is 13.0. The number of aliphatic hydroxyl groups excluding tert-OH is 1. The number of carbonyl (C=O) groups excluding carboxylic acids is 4. The Labute approximate surface area is 568 Å². The number of esters is 4. The van der Waals surface area contributed by atoms with Gasteiger partial charge < -0.3 is 33.8 Å². The van der Waals surface area contributed by atoms with Crippen LogP contribution in [0.3, 0.4) is 0 Å². The number of aliphatic hydroxyl groups is 1. The van der Waals surface area contributed by atoms with Crippen LogP contribution in [-0.2, 0) is 65.4 Å². The topological polar surface area (TPSA) is 237 Å². The van der Waals surface area contributed by atoms with E-state index in [9.17, 15) is 43.2 Å². The van der Waals surface area contributed by atoms with E-state index in [1.54, 1.807) is 0 Å². The van der Waals surface area contributed by atoms with Crippen molar-refractivity contribution in [2.24, 2.45) is 23.7 Å². The lowest BCUT2D eigenvalue weighted by Gasteiger charge is -2.21. The summed E-state index contributed by atoms with van der Waals surface area (Å²) in [4.78, 5) is 72.6. The van der Waals surface area contributed by atoms with Crippen molar-refractivity contribution in [3.8, 4) is 0 Å². The van der Waals surface area contributed by atoms with Crippen molar-refractivity contribution in [3.05, 3.63) is 0 Å². The van der Waals surface area contributed by atoms with Gasteiger partial charge in [0.2, 0.25) is 0 Å². The maximum Gasteiger partial charge on any atom is 0.472 e. The Morgan fingerprint density at radius 3 is 0.763 bits per heavy atom. The zero-order chi connectivity index (χ0) is 68.9. The Morgan fingerprint density at radius 1 is 0.301 bits per heavy atom. The number of ether oxygens (including phenoxy) is 4. The van der Waals surface area contributed by atoms with Gasteiger partial charge in [-0.15, -0.1) is 0 Å². The van der Waals surface area contributed by atoms with Crippen LogP contribution in [0.25, 0.3) is 0 Å². The predicted molar refractivity (Wildman–Crippen MR) is 377 cm³/mol. The highest BCUT2D eigenvalue weighted by molar-refractivity contribution is 7.47. The third kappa shape index (κ3) is 65.8. The first-order valence-corrected chi connectivity index (χ1v) is 41.3. The van der Waals surface area contributed by atoms with Crippen LogP contribution in [0.15, 0.2) is 0 Å². The molecular formula is C74H144O17P2. The third-order valence-electron chi connectivity index (χ3n) is 17.8. The molecular weight excluding hydrogens is 1220 g/mol. The molecule has 0 saturated carbocycles. The van der Waals surface area contributed by atoms with Crippen molar-refractivity contribution < 1.29 is 80.2 Å². The van der Waals surface area contributed by atoms with E-state index in [-0.39, 0.29) is 25.7 Å². The van der Waals surface area contributed by atoms with Gasteiger partial charge in [-0.2, -0.15) is 0 Å². The molecule has 0 saturated heterocycles. The number of phosphoric acid groups is 2. The van der Waals surface area contributed by atoms with Crippen LogP contribution in [0.4, 0.5) is 0 Å². The van der Waals surface area contributed by atoms with Gasteiger partial charge in [-0.1, -0.05) is 319 Å². The molecule has 0 heterocycles. The van der Waals surface area contributed by atoms with Crippen molar-refractivity contribution >= 4 is 39.5 Å². The molecule has 552 valence electrons. The molecule has 19 heteroatoms. The van der Waals surface area contributed by atoms with Crippen molar-refractivity contribution in [1.29, 1.82) is 0 Å². The predicted octanol–water partition coefficient (Wildman–Crippen LogP) is 21.3. The molecule has 0 bridgehead atoms. The average molecular weight is 1370 g/mol. The number of carbonyl (C=O) groups is 4. The fourth-order valence-electron chi connectivity index (χ4n) is 11.1. The zero-order valence-electron chi connectivity index (χ0n) is 60.9. The Hall–Kier alpha value is -1.94. The number of hydrogen-bond acceptors (Lipinski definition) is 15. The largest absolute Gasteiger partial charge is 0.472 e. The van der Waals surface area contributed by atoms with Gasteiger partial charge in [0.05, 0.1) is 26.4 Å². The van der Waals surface area contributed by atoms with Gasteiger partial charge in [-0.3, -0.25) is 37.3 Å². The molecule has 0 aromatic carbocycles. The molecule has 0 aromatic heterocycles. The minimum Gasteiger partial charge on any atom is -0.462 e. The fraction of sp³-hybridized carbons (Fsp3) is 0.946. The van der Waals surface area contributed by atoms with E-state index in [1.165, 1.54) is 161 Å². The molecule has 3 N–H and O–H groups in total.